The SMILES string of the molecule is CC(C)Oc1ncccc1NC(=O)Cn1cnc(N)n1. The number of rotatable bonds is 5. The molecule has 0 aromatic carbocycles. The molecule has 0 atom stereocenters. The van der Waals surface area contributed by atoms with Gasteiger partial charge in [0.25, 0.3) is 0 Å². The van der Waals surface area contributed by atoms with E-state index in [4.69, 9.17) is 10.5 Å². The fourth-order valence-corrected chi connectivity index (χ4v) is 1.53. The molecule has 2 heterocycles. The lowest BCUT2D eigenvalue weighted by Crippen LogP contribution is -2.20. The van der Waals surface area contributed by atoms with Gasteiger partial charge < -0.3 is 15.8 Å². The number of amides is 1. The summed E-state index contributed by atoms with van der Waals surface area (Å²) in [6.45, 7) is 3.79. The summed E-state index contributed by atoms with van der Waals surface area (Å²) in [4.78, 5) is 19.7. The molecule has 3 N–H and O–H groups in total. The van der Waals surface area contributed by atoms with Crippen molar-refractivity contribution in [1.82, 2.24) is 19.7 Å². The molecule has 0 saturated carbocycles. The van der Waals surface area contributed by atoms with E-state index in [0.717, 1.165) is 0 Å². The van der Waals surface area contributed by atoms with Gasteiger partial charge in [-0.05, 0) is 26.0 Å². The van der Waals surface area contributed by atoms with Gasteiger partial charge in [-0.1, -0.05) is 0 Å². The van der Waals surface area contributed by atoms with Crippen molar-refractivity contribution in [1.29, 1.82) is 0 Å². The summed E-state index contributed by atoms with van der Waals surface area (Å²) in [7, 11) is 0. The molecule has 106 valence electrons. The van der Waals surface area contributed by atoms with Crippen molar-refractivity contribution in [2.24, 2.45) is 0 Å². The first-order valence-corrected chi connectivity index (χ1v) is 6.11. The minimum atomic E-state index is -0.267. The van der Waals surface area contributed by atoms with Crippen LogP contribution in [0.2, 0.25) is 0 Å². The largest absolute Gasteiger partial charge is 0.473 e. The Morgan fingerprint density at radius 1 is 1.50 bits per heavy atom. The van der Waals surface area contributed by atoms with Gasteiger partial charge in [0.15, 0.2) is 0 Å². The maximum Gasteiger partial charge on any atom is 0.246 e. The fraction of sp³-hybridized carbons (Fsp3) is 0.333. The number of anilines is 2. The summed E-state index contributed by atoms with van der Waals surface area (Å²) >= 11 is 0. The smallest absolute Gasteiger partial charge is 0.246 e. The Balaban J connectivity index is 2.04. The minimum absolute atomic E-state index is 0.0141. The van der Waals surface area contributed by atoms with Crippen LogP contribution in [-0.4, -0.2) is 31.8 Å². The molecule has 2 aromatic rings. The predicted octanol–water partition coefficient (Wildman–Crippen LogP) is 0.681. The Morgan fingerprint density at radius 2 is 2.30 bits per heavy atom. The molecule has 0 spiro atoms. The molecule has 0 saturated heterocycles. The van der Waals surface area contributed by atoms with Crippen molar-refractivity contribution < 1.29 is 9.53 Å². The van der Waals surface area contributed by atoms with Gasteiger partial charge in [0.05, 0.1) is 6.10 Å². The summed E-state index contributed by atoms with van der Waals surface area (Å²) in [5, 5.41) is 6.56. The molecular weight excluding hydrogens is 260 g/mol. The third-order valence-corrected chi connectivity index (χ3v) is 2.25. The first-order chi connectivity index (χ1) is 9.54. The van der Waals surface area contributed by atoms with Gasteiger partial charge in [0.2, 0.25) is 17.7 Å². The quantitative estimate of drug-likeness (QED) is 0.831. The van der Waals surface area contributed by atoms with Crippen molar-refractivity contribution in [3.05, 3.63) is 24.7 Å². The molecule has 0 radical (unpaired) electrons. The lowest BCUT2D eigenvalue weighted by molar-refractivity contribution is -0.116. The van der Waals surface area contributed by atoms with Crippen molar-refractivity contribution in [2.45, 2.75) is 26.5 Å². The number of nitrogens with two attached hydrogens (primary N) is 1. The predicted molar refractivity (Wildman–Crippen MR) is 73.1 cm³/mol. The van der Waals surface area contributed by atoms with Crippen LogP contribution in [0.5, 0.6) is 5.88 Å². The Hall–Kier alpha value is -2.64. The second-order valence-electron chi connectivity index (χ2n) is 4.37. The number of ether oxygens (including phenoxy) is 1. The van der Waals surface area contributed by atoms with Gasteiger partial charge in [-0.15, -0.1) is 5.10 Å². The molecule has 8 nitrogen and oxygen atoms in total. The highest BCUT2D eigenvalue weighted by molar-refractivity contribution is 5.91. The number of hydrogen-bond donors (Lipinski definition) is 2. The highest BCUT2D eigenvalue weighted by Gasteiger charge is 2.11. The first kappa shape index (κ1) is 13.8. The molecule has 1 amide bonds. The Morgan fingerprint density at radius 3 is 2.95 bits per heavy atom. The van der Waals surface area contributed by atoms with Crippen LogP contribution < -0.4 is 15.8 Å². The van der Waals surface area contributed by atoms with Crippen LogP contribution in [0.3, 0.4) is 0 Å². The zero-order chi connectivity index (χ0) is 14.5. The van der Waals surface area contributed by atoms with E-state index < -0.39 is 0 Å². The molecule has 0 aliphatic rings. The van der Waals surface area contributed by atoms with Crippen LogP contribution in [0, 0.1) is 0 Å². The number of hydrogen-bond acceptors (Lipinski definition) is 6. The summed E-state index contributed by atoms with van der Waals surface area (Å²) < 4.78 is 6.87. The number of carbonyl (C=O) groups excluding carboxylic acids is 1. The van der Waals surface area contributed by atoms with E-state index in [1.807, 2.05) is 13.8 Å². The fourth-order valence-electron chi connectivity index (χ4n) is 1.53. The molecule has 0 bridgehead atoms. The van der Waals surface area contributed by atoms with E-state index in [-0.39, 0.29) is 24.5 Å². The molecule has 0 unspecified atom stereocenters. The first-order valence-electron chi connectivity index (χ1n) is 6.11. The number of nitrogens with one attached hydrogen (secondary N) is 1. The lowest BCUT2D eigenvalue weighted by Gasteiger charge is -2.13. The zero-order valence-electron chi connectivity index (χ0n) is 11.3. The lowest BCUT2D eigenvalue weighted by atomic mass is 10.4. The highest BCUT2D eigenvalue weighted by Crippen LogP contribution is 2.21. The second-order valence-corrected chi connectivity index (χ2v) is 4.37. The summed E-state index contributed by atoms with van der Waals surface area (Å²) in [5.74, 6) is 0.244. The molecule has 0 aliphatic carbocycles. The molecule has 2 rings (SSSR count). The van der Waals surface area contributed by atoms with Gasteiger partial charge in [0, 0.05) is 6.20 Å². The molecule has 20 heavy (non-hydrogen) atoms. The van der Waals surface area contributed by atoms with Gasteiger partial charge in [-0.2, -0.15) is 0 Å². The van der Waals surface area contributed by atoms with Crippen molar-refractivity contribution in [3.63, 3.8) is 0 Å². The van der Waals surface area contributed by atoms with Crippen molar-refractivity contribution >= 4 is 17.5 Å². The number of nitrogens with zero attached hydrogens (tertiary/aromatic N) is 4. The molecule has 8 heteroatoms. The summed E-state index contributed by atoms with van der Waals surface area (Å²) in [6.07, 6.45) is 2.96. The van der Waals surface area contributed by atoms with E-state index in [2.05, 4.69) is 20.4 Å². The van der Waals surface area contributed by atoms with Crippen LogP contribution in [0.4, 0.5) is 11.6 Å². The van der Waals surface area contributed by atoms with E-state index in [9.17, 15) is 4.79 Å². The average molecular weight is 276 g/mol. The Kier molecular flexibility index (Phi) is 4.14. The van der Waals surface area contributed by atoms with Crippen LogP contribution in [0.15, 0.2) is 24.7 Å². The van der Waals surface area contributed by atoms with E-state index >= 15 is 0 Å². The Bertz CT molecular complexity index is 595. The van der Waals surface area contributed by atoms with E-state index in [1.54, 1.807) is 18.3 Å². The van der Waals surface area contributed by atoms with E-state index in [0.29, 0.717) is 11.6 Å². The molecular formula is C12H16N6O2. The monoisotopic (exact) mass is 276 g/mol. The maximum absolute atomic E-state index is 11.9. The Labute approximate surface area is 116 Å². The molecule has 2 aromatic heterocycles. The third-order valence-electron chi connectivity index (χ3n) is 2.25. The number of aromatic nitrogens is 4. The molecule has 0 aliphatic heterocycles. The van der Waals surface area contributed by atoms with Crippen LogP contribution >= 0.6 is 0 Å². The zero-order valence-corrected chi connectivity index (χ0v) is 11.3. The van der Waals surface area contributed by atoms with Gasteiger partial charge in [-0.25, -0.2) is 14.6 Å². The van der Waals surface area contributed by atoms with Crippen LogP contribution in [0.25, 0.3) is 0 Å². The summed E-state index contributed by atoms with van der Waals surface area (Å²) in [6, 6.07) is 3.44. The maximum atomic E-state index is 11.9. The normalized spacial score (nSPS) is 10.6. The van der Waals surface area contributed by atoms with Gasteiger partial charge >= 0.3 is 0 Å². The van der Waals surface area contributed by atoms with Crippen LogP contribution in [-0.2, 0) is 11.3 Å². The molecule has 0 fully saturated rings. The standard InChI is InChI=1S/C12H16N6O2/c1-8(2)20-11-9(4-3-5-14-11)16-10(19)6-18-7-15-12(13)17-18/h3-5,7-8H,6H2,1-2H3,(H2,13,17)(H,16,19). The highest BCUT2D eigenvalue weighted by atomic mass is 16.5. The van der Waals surface area contributed by atoms with Crippen molar-refractivity contribution in [2.75, 3.05) is 11.1 Å². The topological polar surface area (TPSA) is 108 Å². The second kappa shape index (κ2) is 6.00. The van der Waals surface area contributed by atoms with E-state index in [1.165, 1.54) is 11.0 Å². The number of nitrogen functional groups attached to an aromatic ring is 1. The minimum Gasteiger partial charge on any atom is -0.473 e. The van der Waals surface area contributed by atoms with Crippen LogP contribution in [0.1, 0.15) is 13.8 Å². The third kappa shape index (κ3) is 3.67. The van der Waals surface area contributed by atoms with Gasteiger partial charge in [0.1, 0.15) is 18.6 Å². The number of carbonyl (C=O) groups is 1. The van der Waals surface area contributed by atoms with Gasteiger partial charge in [-0.3, -0.25) is 4.79 Å². The average Bonchev–Trinajstić information content (AvgIpc) is 2.76. The summed E-state index contributed by atoms with van der Waals surface area (Å²) in [5.41, 5.74) is 5.89. The number of pyridine rings is 1. The van der Waals surface area contributed by atoms with Crippen molar-refractivity contribution in [3.8, 4) is 5.88 Å².